The molecule has 1 heterocycles. The highest BCUT2D eigenvalue weighted by Gasteiger charge is 2.20. The predicted octanol–water partition coefficient (Wildman–Crippen LogP) is 0.855. The first kappa shape index (κ1) is 20.9. The molecule has 2 aliphatic rings. The van der Waals surface area contributed by atoms with Crippen LogP contribution in [0.2, 0.25) is 0 Å². The van der Waals surface area contributed by atoms with Gasteiger partial charge in [-0.3, -0.25) is 14.6 Å². The number of nitrogens with two attached hydrogens (primary N) is 1. The van der Waals surface area contributed by atoms with Crippen LogP contribution < -0.4 is 11.1 Å². The molecule has 3 N–H and O–H groups in total. The van der Waals surface area contributed by atoms with Gasteiger partial charge in [-0.2, -0.15) is 0 Å². The van der Waals surface area contributed by atoms with Crippen LogP contribution in [0.5, 0.6) is 0 Å². The molecule has 0 radical (unpaired) electrons. The molecule has 5 nitrogen and oxygen atoms in total. The smallest absolute Gasteiger partial charge is 0.234 e. The summed E-state index contributed by atoms with van der Waals surface area (Å²) in [6.45, 7) is 6.30. The molecule has 1 saturated carbocycles. The Morgan fingerprint density at radius 2 is 1.57 bits per heavy atom. The Balaban J connectivity index is 0.00000200. The number of amides is 1. The lowest BCUT2D eigenvalue weighted by atomic mass is 9.95. The van der Waals surface area contributed by atoms with Crippen molar-refractivity contribution >= 4 is 30.7 Å². The van der Waals surface area contributed by atoms with Gasteiger partial charge in [0.2, 0.25) is 5.91 Å². The Bertz CT molecular complexity index is 280. The molecule has 1 aliphatic heterocycles. The van der Waals surface area contributed by atoms with Gasteiger partial charge in [-0.25, -0.2) is 0 Å². The van der Waals surface area contributed by atoms with E-state index in [1.54, 1.807) is 0 Å². The standard InChI is InChI=1S/C14H28N4O.2ClH/c15-6-7-17-8-10-18(11-9-17)12-14(19)16-13-4-2-1-3-5-13;;/h13H,1-12,15H2,(H,16,19);2*1H. The molecule has 1 aliphatic carbocycles. The lowest BCUT2D eigenvalue weighted by Gasteiger charge is -2.34. The van der Waals surface area contributed by atoms with E-state index >= 15 is 0 Å². The van der Waals surface area contributed by atoms with Crippen molar-refractivity contribution in [2.24, 2.45) is 5.73 Å². The first-order valence-corrected chi connectivity index (χ1v) is 7.72. The van der Waals surface area contributed by atoms with E-state index in [-0.39, 0.29) is 30.7 Å². The summed E-state index contributed by atoms with van der Waals surface area (Å²) >= 11 is 0. The number of halogens is 2. The van der Waals surface area contributed by atoms with Gasteiger partial charge in [0.25, 0.3) is 0 Å². The summed E-state index contributed by atoms with van der Waals surface area (Å²) in [5, 5.41) is 3.19. The van der Waals surface area contributed by atoms with E-state index in [0.29, 0.717) is 12.6 Å². The highest BCUT2D eigenvalue weighted by molar-refractivity contribution is 5.85. The number of rotatable bonds is 5. The Hall–Kier alpha value is -0.0700. The number of nitrogens with one attached hydrogen (secondary N) is 1. The quantitative estimate of drug-likeness (QED) is 0.779. The van der Waals surface area contributed by atoms with Gasteiger partial charge in [0.05, 0.1) is 6.54 Å². The number of piperazine rings is 1. The van der Waals surface area contributed by atoms with Crippen LogP contribution in [0.4, 0.5) is 0 Å². The predicted molar refractivity (Wildman–Crippen MR) is 91.4 cm³/mol. The third-order valence-electron chi connectivity index (χ3n) is 4.25. The summed E-state index contributed by atoms with van der Waals surface area (Å²) in [7, 11) is 0. The summed E-state index contributed by atoms with van der Waals surface area (Å²) in [6, 6.07) is 0.430. The van der Waals surface area contributed by atoms with Gasteiger partial charge < -0.3 is 11.1 Å². The van der Waals surface area contributed by atoms with Gasteiger partial charge in [0.1, 0.15) is 0 Å². The van der Waals surface area contributed by atoms with Crippen LogP contribution in [0.3, 0.4) is 0 Å². The molecule has 0 aromatic rings. The normalized spacial score (nSPS) is 21.2. The van der Waals surface area contributed by atoms with Crippen molar-refractivity contribution < 1.29 is 4.79 Å². The van der Waals surface area contributed by atoms with Crippen LogP contribution in [0.15, 0.2) is 0 Å². The second-order valence-electron chi connectivity index (χ2n) is 5.81. The Morgan fingerprint density at radius 1 is 1.00 bits per heavy atom. The highest BCUT2D eigenvalue weighted by Crippen LogP contribution is 2.17. The van der Waals surface area contributed by atoms with Crippen LogP contribution >= 0.6 is 24.8 Å². The minimum absolute atomic E-state index is 0. The molecule has 0 aromatic heterocycles. The van der Waals surface area contributed by atoms with Gasteiger partial charge in [-0.1, -0.05) is 19.3 Å². The van der Waals surface area contributed by atoms with Crippen molar-refractivity contribution in [1.82, 2.24) is 15.1 Å². The molecule has 0 bridgehead atoms. The number of hydrogen-bond acceptors (Lipinski definition) is 4. The zero-order chi connectivity index (χ0) is 13.5. The molecular formula is C14H30Cl2N4O. The fraction of sp³-hybridized carbons (Fsp3) is 0.929. The molecule has 21 heavy (non-hydrogen) atoms. The third kappa shape index (κ3) is 7.66. The van der Waals surface area contributed by atoms with Crippen molar-refractivity contribution in [3.63, 3.8) is 0 Å². The first-order valence-electron chi connectivity index (χ1n) is 7.72. The summed E-state index contributed by atoms with van der Waals surface area (Å²) in [5.41, 5.74) is 5.56. The summed E-state index contributed by atoms with van der Waals surface area (Å²) < 4.78 is 0. The highest BCUT2D eigenvalue weighted by atomic mass is 35.5. The topological polar surface area (TPSA) is 61.6 Å². The van der Waals surface area contributed by atoms with Crippen molar-refractivity contribution in [1.29, 1.82) is 0 Å². The lowest BCUT2D eigenvalue weighted by Crippen LogP contribution is -2.51. The van der Waals surface area contributed by atoms with Gasteiger partial charge in [0, 0.05) is 45.3 Å². The van der Waals surface area contributed by atoms with E-state index in [1.807, 2.05) is 0 Å². The molecule has 1 saturated heterocycles. The molecule has 2 fully saturated rings. The van der Waals surface area contributed by atoms with Crippen molar-refractivity contribution in [3.8, 4) is 0 Å². The Morgan fingerprint density at radius 3 is 2.14 bits per heavy atom. The molecule has 2 rings (SSSR count). The second-order valence-corrected chi connectivity index (χ2v) is 5.81. The van der Waals surface area contributed by atoms with Gasteiger partial charge >= 0.3 is 0 Å². The van der Waals surface area contributed by atoms with E-state index in [9.17, 15) is 4.79 Å². The molecule has 0 spiro atoms. The average molecular weight is 341 g/mol. The average Bonchev–Trinajstić information content (AvgIpc) is 2.42. The van der Waals surface area contributed by atoms with Crippen LogP contribution in [0.25, 0.3) is 0 Å². The first-order chi connectivity index (χ1) is 9.28. The monoisotopic (exact) mass is 340 g/mol. The van der Waals surface area contributed by atoms with E-state index in [1.165, 1.54) is 19.3 Å². The summed E-state index contributed by atoms with van der Waals surface area (Å²) in [5.74, 6) is 0.208. The maximum absolute atomic E-state index is 12.0. The van der Waals surface area contributed by atoms with Gasteiger partial charge in [-0.05, 0) is 12.8 Å². The molecule has 1 amide bonds. The van der Waals surface area contributed by atoms with Crippen LogP contribution in [0.1, 0.15) is 32.1 Å². The third-order valence-corrected chi connectivity index (χ3v) is 4.25. The molecule has 0 aromatic carbocycles. The fourth-order valence-corrected chi connectivity index (χ4v) is 3.08. The minimum Gasteiger partial charge on any atom is -0.352 e. The van der Waals surface area contributed by atoms with Gasteiger partial charge in [-0.15, -0.1) is 24.8 Å². The maximum atomic E-state index is 12.0. The number of carbonyl (C=O) groups is 1. The molecular weight excluding hydrogens is 311 g/mol. The second kappa shape index (κ2) is 11.5. The zero-order valence-electron chi connectivity index (χ0n) is 12.8. The van der Waals surface area contributed by atoms with E-state index in [2.05, 4.69) is 15.1 Å². The zero-order valence-corrected chi connectivity index (χ0v) is 14.4. The minimum atomic E-state index is 0. The van der Waals surface area contributed by atoms with Crippen molar-refractivity contribution in [2.45, 2.75) is 38.1 Å². The maximum Gasteiger partial charge on any atom is 0.234 e. The van der Waals surface area contributed by atoms with Crippen molar-refractivity contribution in [3.05, 3.63) is 0 Å². The number of nitrogens with zero attached hydrogens (tertiary/aromatic N) is 2. The Labute approximate surface area is 140 Å². The SMILES string of the molecule is Cl.Cl.NCCN1CCN(CC(=O)NC2CCCCC2)CC1. The summed E-state index contributed by atoms with van der Waals surface area (Å²) in [4.78, 5) is 16.6. The van der Waals surface area contributed by atoms with E-state index < -0.39 is 0 Å². The fourth-order valence-electron chi connectivity index (χ4n) is 3.08. The molecule has 0 atom stereocenters. The Kier molecular flexibility index (Phi) is 11.5. The van der Waals surface area contributed by atoms with Crippen LogP contribution in [-0.4, -0.2) is 67.6 Å². The largest absolute Gasteiger partial charge is 0.352 e. The molecule has 7 heteroatoms. The number of hydrogen-bond donors (Lipinski definition) is 2. The summed E-state index contributed by atoms with van der Waals surface area (Å²) in [6.07, 6.45) is 6.19. The number of carbonyl (C=O) groups excluding carboxylic acids is 1. The van der Waals surface area contributed by atoms with E-state index in [4.69, 9.17) is 5.73 Å². The molecule has 0 unspecified atom stereocenters. The van der Waals surface area contributed by atoms with Crippen molar-refractivity contribution in [2.75, 3.05) is 45.8 Å². The van der Waals surface area contributed by atoms with Crippen LogP contribution in [0, 0.1) is 0 Å². The lowest BCUT2D eigenvalue weighted by molar-refractivity contribution is -0.123. The van der Waals surface area contributed by atoms with Crippen LogP contribution in [-0.2, 0) is 4.79 Å². The van der Waals surface area contributed by atoms with Gasteiger partial charge in [0.15, 0.2) is 0 Å². The van der Waals surface area contributed by atoms with E-state index in [0.717, 1.165) is 52.1 Å². The molecule has 126 valence electrons.